The topological polar surface area (TPSA) is 207 Å². The van der Waals surface area contributed by atoms with Crippen molar-refractivity contribution in [3.05, 3.63) is 139 Å². The quantitative estimate of drug-likeness (QED) is 0.0676. The Balaban J connectivity index is -0.0000001000. The summed E-state index contributed by atoms with van der Waals surface area (Å²) in [6.45, 7) is 27.1. The number of nitrogens with two attached hydrogens (primary N) is 1. The molecule has 0 fully saturated rings. The van der Waals surface area contributed by atoms with Crippen molar-refractivity contribution in [1.82, 2.24) is 10.6 Å². The van der Waals surface area contributed by atoms with Gasteiger partial charge in [-0.25, -0.2) is 0 Å². The van der Waals surface area contributed by atoms with Crippen molar-refractivity contribution in [2.75, 3.05) is 0 Å². The summed E-state index contributed by atoms with van der Waals surface area (Å²) in [4.78, 5) is 34.4. The second-order valence-electron chi connectivity index (χ2n) is 18.0. The van der Waals surface area contributed by atoms with Crippen LogP contribution in [0.3, 0.4) is 0 Å². The predicted molar refractivity (Wildman–Crippen MR) is 323 cm³/mol. The van der Waals surface area contributed by atoms with E-state index >= 15 is 0 Å². The number of aliphatic hydroxyl groups is 1. The minimum atomic E-state index is -1.61. The molecular formula is C51H73Br3Cl8K2N4O6. The van der Waals surface area contributed by atoms with Crippen LogP contribution >= 0.6 is 137 Å². The van der Waals surface area contributed by atoms with Crippen LogP contribution in [0, 0.1) is 11.3 Å². The van der Waals surface area contributed by atoms with Crippen LogP contribution in [-0.2, 0) is 0 Å². The molecule has 0 amide bonds. The van der Waals surface area contributed by atoms with Crippen molar-refractivity contribution >= 4 is 154 Å². The number of aliphatic hydroxyl groups excluding tert-OH is 1. The van der Waals surface area contributed by atoms with E-state index in [-0.39, 0.29) is 166 Å². The number of Topliss-reactive ketones (excluding diaryl/α,β-unsaturated/α-hetero) is 3. The third kappa shape index (κ3) is 58.8. The van der Waals surface area contributed by atoms with Crippen LogP contribution in [-0.4, -0.2) is 70.2 Å². The maximum absolute atomic E-state index is 12.1. The molecule has 0 spiro atoms. The molecule has 10 nitrogen and oxygen atoms in total. The first-order chi connectivity index (χ1) is 31.8. The first-order valence-electron chi connectivity index (χ1n) is 21.4. The number of benzene rings is 4. The SMILES string of the molecule is BrBr.CC#N.CC(Br)C(=O)c1cccc(Cl)c1.CC(C)(C)N.CC(NC(C)(C)C)C(=O)c1cccc(Cl)c1.CC(NC(C)(C)C)C(O)c1cccc(Cl)c1.CCC(=O)c1cccc(Cl)c1.ClC(Cl)(Cl)Cl.O.[H-].[K+].[K+].[OH-]. The van der Waals surface area contributed by atoms with Gasteiger partial charge >= 0.3 is 103 Å². The van der Waals surface area contributed by atoms with Crippen molar-refractivity contribution in [2.24, 2.45) is 5.73 Å². The molecular weight excluding hydrogens is 1370 g/mol. The van der Waals surface area contributed by atoms with Gasteiger partial charge in [0.25, 0.3) is 3.25 Å². The van der Waals surface area contributed by atoms with Crippen molar-refractivity contribution in [2.45, 2.75) is 146 Å². The summed E-state index contributed by atoms with van der Waals surface area (Å²) in [6, 6.07) is 29.9. The molecule has 4 atom stereocenters. The van der Waals surface area contributed by atoms with Gasteiger partial charge in [0.05, 0.1) is 23.0 Å². The standard InChI is InChI=1S/C13H20ClNO.C13H18ClNO.C9H8BrClO.C9H9ClO.C4H11N.C2H3N.CCl4.Br2.2K.2H2O.H/c2*1-9(15-13(2,3)4)12(16)10-6-5-7-11(14)8-10;1-6(10)9(12)7-3-2-4-8(11)5-7;1-2-9(11)7-4-3-5-8(10)6-7;1-4(2,3)5;1-2-3;2-1(3,4)5;1-2;;;;;/h5-9,12,15-16H,1-4H3;5-9,15H,1-4H3;2-6H,1H3;3-6H,2H2,1H3;5H2,1-3H3;1H3;;;;;2*1H2;/q;;;;;;;;2*+1;;;-1/p-1. The van der Waals surface area contributed by atoms with Crippen LogP contribution < -0.4 is 119 Å². The molecule has 0 aliphatic heterocycles. The van der Waals surface area contributed by atoms with Gasteiger partial charge in [0, 0.05) is 101 Å². The monoisotopic (exact) mass is 1430 g/mol. The van der Waals surface area contributed by atoms with Gasteiger partial charge in [0.1, 0.15) is 0 Å². The molecule has 0 aliphatic carbocycles. The third-order valence-electron chi connectivity index (χ3n) is 7.41. The molecule has 0 radical (unpaired) electrons. The van der Waals surface area contributed by atoms with Crippen LogP contribution in [0.5, 0.6) is 0 Å². The van der Waals surface area contributed by atoms with E-state index in [4.69, 9.17) is 104 Å². The van der Waals surface area contributed by atoms with E-state index in [0.29, 0.717) is 43.2 Å². The molecule has 0 aromatic heterocycles. The number of carbonyl (C=O) groups is 3. The zero-order valence-corrected chi connectivity index (χ0v) is 62.1. The summed E-state index contributed by atoms with van der Waals surface area (Å²) in [5.41, 5.74) is 8.10. The number of hydrogen-bond donors (Lipinski definition) is 4. The molecule has 8 N–H and O–H groups in total. The summed E-state index contributed by atoms with van der Waals surface area (Å²) in [7, 11) is 0. The molecule has 0 saturated carbocycles. The molecule has 0 heterocycles. The van der Waals surface area contributed by atoms with E-state index in [0.717, 1.165) is 5.56 Å². The summed E-state index contributed by atoms with van der Waals surface area (Å²) in [5.74, 6) is 0.252. The first-order valence-corrected chi connectivity index (χ1v) is 29.0. The maximum Gasteiger partial charge on any atom is 1.00 e. The van der Waals surface area contributed by atoms with E-state index in [1.807, 2.05) is 74.4 Å². The summed E-state index contributed by atoms with van der Waals surface area (Å²) in [6.07, 6.45) is -0.0155. The minimum absolute atomic E-state index is 0. The average Bonchev–Trinajstić information content (AvgIpc) is 3.22. The first kappa shape index (κ1) is 92.6. The van der Waals surface area contributed by atoms with Crippen molar-refractivity contribution < 1.29 is 135 Å². The Morgan fingerprint density at radius 1 is 0.662 bits per heavy atom. The Kier molecular flexibility index (Phi) is 62.3. The third-order valence-corrected chi connectivity index (χ3v) is 8.77. The molecule has 0 bridgehead atoms. The van der Waals surface area contributed by atoms with E-state index < -0.39 is 9.36 Å². The van der Waals surface area contributed by atoms with Gasteiger partial charge < -0.3 is 33.9 Å². The Hall–Kier alpha value is 2.17. The van der Waals surface area contributed by atoms with Gasteiger partial charge in [0.2, 0.25) is 0 Å². The van der Waals surface area contributed by atoms with Crippen LogP contribution in [0.4, 0.5) is 0 Å². The molecule has 412 valence electrons. The summed E-state index contributed by atoms with van der Waals surface area (Å²) in [5, 5.41) is 26.5. The molecule has 4 unspecified atom stereocenters. The number of nitrogens with zero attached hydrogens (tertiary/aromatic N) is 1. The number of hydrogen-bond acceptors (Lipinski definition) is 9. The van der Waals surface area contributed by atoms with Gasteiger partial charge in [-0.1, -0.05) is 164 Å². The number of ketones is 3. The van der Waals surface area contributed by atoms with E-state index in [9.17, 15) is 19.5 Å². The second kappa shape index (κ2) is 49.8. The Bertz CT molecular complexity index is 2140. The Labute approximate surface area is 593 Å². The summed E-state index contributed by atoms with van der Waals surface area (Å²) >= 11 is 51.2. The number of alkyl halides is 5. The van der Waals surface area contributed by atoms with Gasteiger partial charge in [-0.3, -0.25) is 14.4 Å². The molecule has 4 rings (SSSR count). The van der Waals surface area contributed by atoms with Gasteiger partial charge in [0.15, 0.2) is 17.3 Å². The van der Waals surface area contributed by atoms with Crippen LogP contribution in [0.2, 0.25) is 20.1 Å². The Morgan fingerprint density at radius 2 is 0.946 bits per heavy atom. The van der Waals surface area contributed by atoms with Gasteiger partial charge in [-0.15, -0.1) is 0 Å². The number of halogens is 11. The number of nitriles is 1. The molecule has 0 aliphatic rings. The van der Waals surface area contributed by atoms with E-state index in [1.165, 1.54) is 6.92 Å². The zero-order chi connectivity index (χ0) is 55.8. The van der Waals surface area contributed by atoms with Crippen LogP contribution in [0.1, 0.15) is 148 Å². The molecule has 74 heavy (non-hydrogen) atoms. The van der Waals surface area contributed by atoms with Crippen molar-refractivity contribution in [3.8, 4) is 6.07 Å². The smallest absolute Gasteiger partial charge is 1.00 e. The average molecular weight is 1440 g/mol. The minimum Gasteiger partial charge on any atom is -1.00 e. The van der Waals surface area contributed by atoms with Gasteiger partial charge in [-0.05, 0) is 137 Å². The largest absolute Gasteiger partial charge is 1.00 e. The number of carbonyl (C=O) groups excluding carboxylic acids is 3. The van der Waals surface area contributed by atoms with Crippen LogP contribution in [0.25, 0.3) is 0 Å². The Morgan fingerprint density at radius 3 is 1.23 bits per heavy atom. The van der Waals surface area contributed by atoms with E-state index in [2.05, 4.69) is 75.6 Å². The van der Waals surface area contributed by atoms with Crippen molar-refractivity contribution in [1.29, 1.82) is 5.26 Å². The van der Waals surface area contributed by atoms with Crippen molar-refractivity contribution in [3.63, 3.8) is 0 Å². The molecule has 4 aromatic carbocycles. The predicted octanol–water partition coefficient (Wildman–Crippen LogP) is 11.3. The zero-order valence-electron chi connectivity index (χ0n) is 46.1. The molecule has 23 heteroatoms. The normalized spacial score (nSPS) is 11.6. The molecule has 4 aromatic rings. The van der Waals surface area contributed by atoms with E-state index in [1.54, 1.807) is 97.9 Å². The molecule has 0 saturated heterocycles. The number of rotatable bonds is 10. The summed E-state index contributed by atoms with van der Waals surface area (Å²) < 4.78 is -1.61. The maximum atomic E-state index is 12.1. The number of nitrogens with one attached hydrogen (secondary N) is 2. The second-order valence-corrected chi connectivity index (χ2v) is 24.5. The fraction of sp³-hybridized carbons (Fsp3) is 0.451. The fourth-order valence-corrected chi connectivity index (χ4v) is 6.12. The van der Waals surface area contributed by atoms with Gasteiger partial charge in [-0.2, -0.15) is 5.26 Å². The van der Waals surface area contributed by atoms with Crippen LogP contribution in [0.15, 0.2) is 97.1 Å². The fourth-order valence-electron chi connectivity index (χ4n) is 5.09.